The van der Waals surface area contributed by atoms with Crippen molar-refractivity contribution in [2.24, 2.45) is 5.73 Å². The van der Waals surface area contributed by atoms with Crippen LogP contribution in [0.2, 0.25) is 18.1 Å². The predicted molar refractivity (Wildman–Crippen MR) is 86.1 cm³/mol. The number of carbonyl (C=O) groups is 1. The Hall–Kier alpha value is -0.393. The van der Waals surface area contributed by atoms with Crippen LogP contribution in [0.1, 0.15) is 53.4 Å². The van der Waals surface area contributed by atoms with Gasteiger partial charge in [0.25, 0.3) is 0 Å². The molecule has 0 saturated heterocycles. The number of rotatable bonds is 7. The molecule has 20 heavy (non-hydrogen) atoms. The first-order valence-corrected chi connectivity index (χ1v) is 10.7. The molecule has 0 bridgehead atoms. The first-order valence-electron chi connectivity index (χ1n) is 7.82. The zero-order valence-corrected chi connectivity index (χ0v) is 15.0. The predicted octanol–water partition coefficient (Wildman–Crippen LogP) is 2.78. The number of nitrogens with one attached hydrogen (secondary N) is 1. The zero-order valence-electron chi connectivity index (χ0n) is 14.0. The van der Waals surface area contributed by atoms with Gasteiger partial charge in [-0.1, -0.05) is 34.1 Å². The van der Waals surface area contributed by atoms with E-state index >= 15 is 0 Å². The molecule has 0 heterocycles. The number of hydrogen-bond acceptors (Lipinski definition) is 3. The van der Waals surface area contributed by atoms with E-state index in [1.54, 1.807) is 0 Å². The fourth-order valence-electron chi connectivity index (χ4n) is 1.83. The molecule has 1 aliphatic carbocycles. The fourth-order valence-corrected chi connectivity index (χ4v) is 3.10. The lowest BCUT2D eigenvalue weighted by Gasteiger charge is -2.40. The SMILES string of the molecule is CCC[C@H](N)C(O[Si](C)(C)C(C)(C)C)C(=O)NC1CC1. The van der Waals surface area contributed by atoms with E-state index in [-0.39, 0.29) is 17.0 Å². The average molecular weight is 301 g/mol. The van der Waals surface area contributed by atoms with Crippen LogP contribution in [-0.4, -0.2) is 32.4 Å². The molecule has 2 atom stereocenters. The molecule has 0 aliphatic heterocycles. The summed E-state index contributed by atoms with van der Waals surface area (Å²) in [6.45, 7) is 13.0. The summed E-state index contributed by atoms with van der Waals surface area (Å²) in [6, 6.07) is 0.134. The second-order valence-electron chi connectivity index (χ2n) is 7.53. The van der Waals surface area contributed by atoms with Crippen molar-refractivity contribution >= 4 is 14.2 Å². The van der Waals surface area contributed by atoms with Crippen LogP contribution in [0.5, 0.6) is 0 Å². The molecule has 118 valence electrons. The maximum atomic E-state index is 12.4. The number of carbonyl (C=O) groups excluding carboxylic acids is 1. The van der Waals surface area contributed by atoms with Gasteiger partial charge in [-0.15, -0.1) is 0 Å². The largest absolute Gasteiger partial charge is 0.404 e. The Morgan fingerprint density at radius 3 is 2.35 bits per heavy atom. The van der Waals surface area contributed by atoms with Crippen LogP contribution in [0.15, 0.2) is 0 Å². The van der Waals surface area contributed by atoms with Gasteiger partial charge < -0.3 is 15.5 Å². The summed E-state index contributed by atoms with van der Waals surface area (Å²) in [7, 11) is -1.99. The van der Waals surface area contributed by atoms with Gasteiger partial charge >= 0.3 is 0 Å². The van der Waals surface area contributed by atoms with Gasteiger partial charge in [0, 0.05) is 12.1 Å². The highest BCUT2D eigenvalue weighted by atomic mass is 28.4. The van der Waals surface area contributed by atoms with Crippen molar-refractivity contribution < 1.29 is 9.22 Å². The van der Waals surface area contributed by atoms with Crippen LogP contribution in [0.25, 0.3) is 0 Å². The lowest BCUT2D eigenvalue weighted by atomic mass is 10.1. The lowest BCUT2D eigenvalue weighted by Crippen LogP contribution is -2.55. The van der Waals surface area contributed by atoms with E-state index < -0.39 is 14.4 Å². The van der Waals surface area contributed by atoms with Crippen molar-refractivity contribution in [3.05, 3.63) is 0 Å². The number of nitrogens with two attached hydrogens (primary N) is 1. The fraction of sp³-hybridized carbons (Fsp3) is 0.933. The van der Waals surface area contributed by atoms with E-state index in [9.17, 15) is 4.79 Å². The summed E-state index contributed by atoms with van der Waals surface area (Å²) in [6.07, 6.45) is 3.45. The summed E-state index contributed by atoms with van der Waals surface area (Å²) < 4.78 is 6.31. The van der Waals surface area contributed by atoms with Crippen LogP contribution in [0.4, 0.5) is 0 Å². The second kappa shape index (κ2) is 6.58. The summed E-state index contributed by atoms with van der Waals surface area (Å²) >= 11 is 0. The van der Waals surface area contributed by atoms with Crippen LogP contribution < -0.4 is 11.1 Å². The molecule has 1 rings (SSSR count). The number of amides is 1. The molecule has 1 aliphatic rings. The van der Waals surface area contributed by atoms with Crippen LogP contribution in [-0.2, 0) is 9.22 Å². The summed E-state index contributed by atoms with van der Waals surface area (Å²) in [5.74, 6) is -0.0155. The van der Waals surface area contributed by atoms with Crippen LogP contribution in [0.3, 0.4) is 0 Å². The Labute approximate surface area is 125 Å². The van der Waals surface area contributed by atoms with Crippen molar-refractivity contribution in [3.63, 3.8) is 0 Å². The minimum absolute atomic E-state index is 0.0155. The minimum Gasteiger partial charge on any atom is -0.404 e. The van der Waals surface area contributed by atoms with Crippen LogP contribution in [0, 0.1) is 0 Å². The van der Waals surface area contributed by atoms with Gasteiger partial charge in [0.05, 0.1) is 0 Å². The third-order valence-electron chi connectivity index (χ3n) is 4.42. The molecule has 1 saturated carbocycles. The summed E-state index contributed by atoms with van der Waals surface area (Å²) in [4.78, 5) is 12.4. The van der Waals surface area contributed by atoms with Gasteiger partial charge in [0.2, 0.25) is 5.91 Å². The van der Waals surface area contributed by atoms with Gasteiger partial charge in [-0.05, 0) is 37.4 Å². The minimum atomic E-state index is -1.99. The maximum absolute atomic E-state index is 12.4. The molecular weight excluding hydrogens is 268 g/mol. The van der Waals surface area contributed by atoms with E-state index in [4.69, 9.17) is 10.2 Å². The third kappa shape index (κ3) is 4.86. The highest BCUT2D eigenvalue weighted by Gasteiger charge is 2.42. The first kappa shape index (κ1) is 17.7. The summed E-state index contributed by atoms with van der Waals surface area (Å²) in [5.41, 5.74) is 6.21. The van der Waals surface area contributed by atoms with Gasteiger partial charge in [0.15, 0.2) is 8.32 Å². The van der Waals surface area contributed by atoms with E-state index in [0.29, 0.717) is 6.04 Å². The molecule has 0 spiro atoms. The lowest BCUT2D eigenvalue weighted by molar-refractivity contribution is -0.129. The Morgan fingerprint density at radius 1 is 1.40 bits per heavy atom. The quantitative estimate of drug-likeness (QED) is 0.711. The van der Waals surface area contributed by atoms with Crippen LogP contribution >= 0.6 is 0 Å². The molecule has 3 N–H and O–H groups in total. The van der Waals surface area contributed by atoms with Crippen molar-refractivity contribution in [1.29, 1.82) is 0 Å². The second-order valence-corrected chi connectivity index (χ2v) is 12.3. The van der Waals surface area contributed by atoms with Gasteiger partial charge in [-0.25, -0.2) is 0 Å². The Kier molecular flexibility index (Phi) is 5.81. The van der Waals surface area contributed by atoms with E-state index in [1.165, 1.54) is 0 Å². The van der Waals surface area contributed by atoms with E-state index in [2.05, 4.69) is 46.1 Å². The van der Waals surface area contributed by atoms with Gasteiger partial charge in [-0.3, -0.25) is 4.79 Å². The Morgan fingerprint density at radius 2 is 1.95 bits per heavy atom. The average Bonchev–Trinajstić information content (AvgIpc) is 3.08. The molecule has 0 aromatic carbocycles. The van der Waals surface area contributed by atoms with Crippen molar-refractivity contribution in [3.8, 4) is 0 Å². The smallest absolute Gasteiger partial charge is 0.249 e. The highest BCUT2D eigenvalue weighted by molar-refractivity contribution is 6.74. The van der Waals surface area contributed by atoms with Gasteiger partial charge in [0.1, 0.15) is 6.10 Å². The Balaban J connectivity index is 2.78. The summed E-state index contributed by atoms with van der Waals surface area (Å²) in [5, 5.41) is 3.13. The Bertz CT molecular complexity index is 335. The van der Waals surface area contributed by atoms with Gasteiger partial charge in [-0.2, -0.15) is 0 Å². The molecular formula is C15H32N2O2Si. The standard InChI is InChI=1S/C15H32N2O2Si/c1-7-8-12(16)13(14(18)17-11-9-10-11)19-20(5,6)15(2,3)4/h11-13H,7-10,16H2,1-6H3,(H,17,18)/t12-,13?/m0/s1. The molecule has 0 aromatic heterocycles. The molecule has 0 radical (unpaired) electrons. The molecule has 5 heteroatoms. The molecule has 1 amide bonds. The maximum Gasteiger partial charge on any atom is 0.249 e. The monoisotopic (exact) mass is 300 g/mol. The molecule has 4 nitrogen and oxygen atoms in total. The molecule has 0 aromatic rings. The zero-order chi connectivity index (χ0) is 15.6. The van der Waals surface area contributed by atoms with Crippen molar-refractivity contribution in [2.75, 3.05) is 0 Å². The highest BCUT2D eigenvalue weighted by Crippen LogP contribution is 2.37. The third-order valence-corrected chi connectivity index (χ3v) is 8.88. The normalized spacial score (nSPS) is 19.6. The molecule has 1 unspecified atom stereocenters. The first-order chi connectivity index (χ1) is 9.08. The van der Waals surface area contributed by atoms with Crippen molar-refractivity contribution in [2.45, 2.75) is 89.7 Å². The number of hydrogen-bond donors (Lipinski definition) is 2. The van der Waals surface area contributed by atoms with E-state index in [0.717, 1.165) is 25.7 Å². The van der Waals surface area contributed by atoms with E-state index in [1.807, 2.05) is 0 Å². The topological polar surface area (TPSA) is 64.3 Å². The van der Waals surface area contributed by atoms with Crippen molar-refractivity contribution in [1.82, 2.24) is 5.32 Å². The molecule has 1 fully saturated rings.